The molecule has 0 aromatic heterocycles. The van der Waals surface area contributed by atoms with E-state index in [1.54, 1.807) is 0 Å². The summed E-state index contributed by atoms with van der Waals surface area (Å²) in [6.07, 6.45) is 7.66. The number of carbonyl (C=O) groups is 1. The first-order valence-electron chi connectivity index (χ1n) is 7.92. The summed E-state index contributed by atoms with van der Waals surface area (Å²) in [5.41, 5.74) is 6.50. The minimum absolute atomic E-state index is 0.147. The monoisotopic (exact) mass is 266 g/mol. The van der Waals surface area contributed by atoms with Crippen molar-refractivity contribution < 1.29 is 4.79 Å². The van der Waals surface area contributed by atoms with Crippen LogP contribution in [-0.2, 0) is 4.79 Å². The summed E-state index contributed by atoms with van der Waals surface area (Å²) >= 11 is 0. The highest BCUT2D eigenvalue weighted by Crippen LogP contribution is 2.35. The lowest BCUT2D eigenvalue weighted by atomic mass is 9.75. The minimum atomic E-state index is 0.147. The van der Waals surface area contributed by atoms with Gasteiger partial charge in [-0.2, -0.15) is 0 Å². The first-order valence-corrected chi connectivity index (χ1v) is 7.92. The molecule has 0 heterocycles. The van der Waals surface area contributed by atoms with Gasteiger partial charge in [-0.1, -0.05) is 20.8 Å². The molecule has 3 nitrogen and oxygen atoms in total. The number of hydrogen-bond donors (Lipinski definition) is 2. The van der Waals surface area contributed by atoms with Crippen molar-refractivity contribution in [2.75, 3.05) is 0 Å². The standard InChI is InChI=1S/C16H30N2O/c1-11-8-12(10-13(17)9-11)15(19)18-14-4-6-16(2,3)7-5-14/h11-14H,4-10,17H2,1-3H3,(H,18,19). The van der Waals surface area contributed by atoms with E-state index in [-0.39, 0.29) is 17.9 Å². The number of rotatable bonds is 2. The van der Waals surface area contributed by atoms with Gasteiger partial charge in [0.2, 0.25) is 5.91 Å². The predicted octanol–water partition coefficient (Wildman–Crippen LogP) is 2.83. The Balaban J connectivity index is 1.81. The van der Waals surface area contributed by atoms with Crippen LogP contribution in [-0.4, -0.2) is 18.0 Å². The molecule has 0 saturated heterocycles. The zero-order valence-corrected chi connectivity index (χ0v) is 12.7. The van der Waals surface area contributed by atoms with Crippen LogP contribution >= 0.6 is 0 Å². The highest BCUT2D eigenvalue weighted by molar-refractivity contribution is 5.79. The Labute approximate surface area is 117 Å². The zero-order valence-electron chi connectivity index (χ0n) is 12.7. The first-order chi connectivity index (χ1) is 8.85. The maximum absolute atomic E-state index is 12.4. The van der Waals surface area contributed by atoms with Crippen LogP contribution in [0.15, 0.2) is 0 Å². The molecule has 3 atom stereocenters. The van der Waals surface area contributed by atoms with E-state index >= 15 is 0 Å². The van der Waals surface area contributed by atoms with Crippen molar-refractivity contribution in [2.24, 2.45) is 23.0 Å². The molecule has 0 aliphatic heterocycles. The maximum Gasteiger partial charge on any atom is 0.223 e. The van der Waals surface area contributed by atoms with Crippen molar-refractivity contribution in [1.29, 1.82) is 0 Å². The normalized spacial score (nSPS) is 35.9. The van der Waals surface area contributed by atoms with Crippen LogP contribution in [0, 0.1) is 17.3 Å². The summed E-state index contributed by atoms with van der Waals surface area (Å²) in [6.45, 7) is 6.86. The van der Waals surface area contributed by atoms with Gasteiger partial charge in [-0.05, 0) is 56.3 Å². The average molecular weight is 266 g/mol. The van der Waals surface area contributed by atoms with E-state index in [9.17, 15) is 4.79 Å². The highest BCUT2D eigenvalue weighted by atomic mass is 16.1. The van der Waals surface area contributed by atoms with Gasteiger partial charge >= 0.3 is 0 Å². The van der Waals surface area contributed by atoms with E-state index in [1.807, 2.05) is 0 Å². The molecule has 2 saturated carbocycles. The quantitative estimate of drug-likeness (QED) is 0.807. The molecule has 0 spiro atoms. The largest absolute Gasteiger partial charge is 0.353 e. The lowest BCUT2D eigenvalue weighted by molar-refractivity contribution is -0.127. The molecule has 19 heavy (non-hydrogen) atoms. The van der Waals surface area contributed by atoms with E-state index in [0.29, 0.717) is 17.4 Å². The Morgan fingerprint density at radius 3 is 2.37 bits per heavy atom. The summed E-state index contributed by atoms with van der Waals surface area (Å²) in [5, 5.41) is 3.27. The van der Waals surface area contributed by atoms with Gasteiger partial charge in [0, 0.05) is 18.0 Å². The number of nitrogens with two attached hydrogens (primary N) is 1. The van der Waals surface area contributed by atoms with Crippen LogP contribution in [0.1, 0.15) is 65.7 Å². The van der Waals surface area contributed by atoms with Crippen LogP contribution < -0.4 is 11.1 Å². The van der Waals surface area contributed by atoms with Crippen LogP contribution in [0.4, 0.5) is 0 Å². The zero-order chi connectivity index (χ0) is 14.0. The van der Waals surface area contributed by atoms with Gasteiger partial charge in [-0.25, -0.2) is 0 Å². The molecular formula is C16H30N2O. The summed E-state index contributed by atoms with van der Waals surface area (Å²) < 4.78 is 0. The second-order valence-corrected chi connectivity index (χ2v) is 7.72. The topological polar surface area (TPSA) is 55.1 Å². The van der Waals surface area contributed by atoms with Crippen molar-refractivity contribution in [2.45, 2.75) is 77.8 Å². The Kier molecular flexibility index (Phi) is 4.54. The van der Waals surface area contributed by atoms with Crippen molar-refractivity contribution in [1.82, 2.24) is 5.32 Å². The number of carbonyl (C=O) groups excluding carboxylic acids is 1. The molecule has 2 aliphatic rings. The summed E-state index contributed by atoms with van der Waals surface area (Å²) in [6, 6.07) is 0.610. The van der Waals surface area contributed by atoms with Gasteiger partial charge in [0.1, 0.15) is 0 Å². The summed E-state index contributed by atoms with van der Waals surface area (Å²) in [4.78, 5) is 12.4. The van der Waals surface area contributed by atoms with E-state index in [1.165, 1.54) is 12.8 Å². The van der Waals surface area contributed by atoms with Gasteiger partial charge in [0.15, 0.2) is 0 Å². The molecule has 0 aromatic carbocycles. The lowest BCUT2D eigenvalue weighted by Gasteiger charge is -2.36. The molecule has 0 radical (unpaired) electrons. The molecule has 2 aliphatic carbocycles. The van der Waals surface area contributed by atoms with Crippen molar-refractivity contribution >= 4 is 5.91 Å². The lowest BCUT2D eigenvalue weighted by Crippen LogP contribution is -2.45. The van der Waals surface area contributed by atoms with Crippen LogP contribution in [0.5, 0.6) is 0 Å². The van der Waals surface area contributed by atoms with Crippen molar-refractivity contribution in [3.63, 3.8) is 0 Å². The van der Waals surface area contributed by atoms with Gasteiger partial charge in [-0.15, -0.1) is 0 Å². The number of amides is 1. The SMILES string of the molecule is CC1CC(N)CC(C(=O)NC2CCC(C)(C)CC2)C1. The van der Waals surface area contributed by atoms with Crippen LogP contribution in [0.3, 0.4) is 0 Å². The molecule has 2 rings (SSSR count). The minimum Gasteiger partial charge on any atom is -0.353 e. The van der Waals surface area contributed by atoms with Crippen LogP contribution in [0.2, 0.25) is 0 Å². The molecule has 3 heteroatoms. The van der Waals surface area contributed by atoms with Gasteiger partial charge in [0.05, 0.1) is 0 Å². The fourth-order valence-corrected chi connectivity index (χ4v) is 3.73. The second-order valence-electron chi connectivity index (χ2n) is 7.72. The fraction of sp³-hybridized carbons (Fsp3) is 0.938. The number of nitrogens with one attached hydrogen (secondary N) is 1. The Bertz CT molecular complexity index is 307. The fourth-order valence-electron chi connectivity index (χ4n) is 3.73. The maximum atomic E-state index is 12.4. The second kappa shape index (κ2) is 5.82. The van der Waals surface area contributed by atoms with E-state index in [2.05, 4.69) is 26.1 Å². The molecular weight excluding hydrogens is 236 g/mol. The highest BCUT2D eigenvalue weighted by Gasteiger charge is 2.32. The molecule has 0 aromatic rings. The Morgan fingerprint density at radius 2 is 1.79 bits per heavy atom. The van der Waals surface area contributed by atoms with Gasteiger partial charge in [-0.3, -0.25) is 4.79 Å². The summed E-state index contributed by atoms with van der Waals surface area (Å²) in [5.74, 6) is 0.991. The van der Waals surface area contributed by atoms with Crippen LogP contribution in [0.25, 0.3) is 0 Å². The molecule has 2 fully saturated rings. The van der Waals surface area contributed by atoms with E-state index < -0.39 is 0 Å². The molecule has 1 amide bonds. The third kappa shape index (κ3) is 4.20. The average Bonchev–Trinajstić information content (AvgIpc) is 2.30. The number of hydrogen-bond acceptors (Lipinski definition) is 2. The van der Waals surface area contributed by atoms with E-state index in [0.717, 1.165) is 32.1 Å². The molecule has 0 bridgehead atoms. The third-order valence-electron chi connectivity index (χ3n) is 5.04. The van der Waals surface area contributed by atoms with Gasteiger partial charge in [0.25, 0.3) is 0 Å². The molecule has 3 unspecified atom stereocenters. The summed E-state index contributed by atoms with van der Waals surface area (Å²) in [7, 11) is 0. The Hall–Kier alpha value is -0.570. The first kappa shape index (κ1) is 14.8. The Morgan fingerprint density at radius 1 is 1.16 bits per heavy atom. The predicted molar refractivity (Wildman–Crippen MR) is 78.7 cm³/mol. The molecule has 110 valence electrons. The van der Waals surface area contributed by atoms with Crippen molar-refractivity contribution in [3.8, 4) is 0 Å². The smallest absolute Gasteiger partial charge is 0.223 e. The van der Waals surface area contributed by atoms with Gasteiger partial charge < -0.3 is 11.1 Å². The molecule has 3 N–H and O–H groups in total. The van der Waals surface area contributed by atoms with E-state index in [4.69, 9.17) is 5.73 Å². The van der Waals surface area contributed by atoms with Crippen molar-refractivity contribution in [3.05, 3.63) is 0 Å². The third-order valence-corrected chi connectivity index (χ3v) is 5.04.